The van der Waals surface area contributed by atoms with Crippen molar-refractivity contribution in [1.82, 2.24) is 9.78 Å². The average Bonchev–Trinajstić information content (AvgIpc) is 2.73. The minimum Gasteiger partial charge on any atom is -0.273 e. The molecule has 2 nitrogen and oxygen atoms in total. The van der Waals surface area contributed by atoms with Gasteiger partial charge in [-0.2, -0.15) is 5.10 Å². The summed E-state index contributed by atoms with van der Waals surface area (Å²) in [5.41, 5.74) is 1.36. The average molecular weight is 301 g/mol. The number of hydrogen-bond acceptors (Lipinski definition) is 1. The van der Waals surface area contributed by atoms with Crippen LogP contribution in [-0.2, 0) is 13.5 Å². The molecule has 0 saturated carbocycles. The fourth-order valence-corrected chi connectivity index (χ4v) is 2.50. The normalized spacial score (nSPS) is 10.9. The quantitative estimate of drug-likeness (QED) is 0.460. The number of aromatic nitrogens is 2. The molecule has 0 fully saturated rings. The largest absolute Gasteiger partial charge is 0.273 e. The molecule has 1 heterocycles. The van der Waals surface area contributed by atoms with Gasteiger partial charge < -0.3 is 0 Å². The van der Waals surface area contributed by atoms with E-state index in [1.54, 1.807) is 0 Å². The summed E-state index contributed by atoms with van der Waals surface area (Å²) < 4.78 is 1.99. The number of nitrogens with zero attached hydrogens (tertiary/aromatic N) is 2. The van der Waals surface area contributed by atoms with Crippen LogP contribution < -0.4 is 0 Å². The van der Waals surface area contributed by atoms with Crippen LogP contribution in [-0.4, -0.2) is 15.1 Å². The van der Waals surface area contributed by atoms with Gasteiger partial charge in [-0.1, -0.05) is 54.5 Å². The molecule has 0 bridgehead atoms. The lowest BCUT2D eigenvalue weighted by molar-refractivity contribution is 0.569. The molecule has 1 aromatic heterocycles. The summed E-state index contributed by atoms with van der Waals surface area (Å²) in [5.74, 6) is 0. The first-order chi connectivity index (χ1) is 8.34. The van der Waals surface area contributed by atoms with Crippen LogP contribution in [0.1, 0.15) is 57.1 Å². The van der Waals surface area contributed by atoms with Crippen molar-refractivity contribution >= 4 is 15.9 Å². The monoisotopic (exact) mass is 300 g/mol. The number of rotatable bonds is 10. The van der Waals surface area contributed by atoms with Crippen LogP contribution in [0.4, 0.5) is 0 Å². The molecule has 17 heavy (non-hydrogen) atoms. The van der Waals surface area contributed by atoms with Gasteiger partial charge in [0.2, 0.25) is 0 Å². The summed E-state index contributed by atoms with van der Waals surface area (Å²) in [6, 6.07) is 2.13. The minimum absolute atomic E-state index is 1.16. The summed E-state index contributed by atoms with van der Waals surface area (Å²) in [5, 5.41) is 5.35. The van der Waals surface area contributed by atoms with Gasteiger partial charge >= 0.3 is 0 Å². The highest BCUT2D eigenvalue weighted by Gasteiger charge is 1.98. The molecular formula is C14H25BrN2. The molecule has 0 aromatic carbocycles. The first kappa shape index (κ1) is 14.7. The van der Waals surface area contributed by atoms with E-state index in [1.807, 2.05) is 17.9 Å². The molecular weight excluding hydrogens is 276 g/mol. The van der Waals surface area contributed by atoms with Crippen LogP contribution >= 0.6 is 15.9 Å². The van der Waals surface area contributed by atoms with Gasteiger partial charge in [-0.3, -0.25) is 4.68 Å². The predicted octanol–water partition coefficient (Wildman–Crippen LogP) is 4.48. The summed E-state index contributed by atoms with van der Waals surface area (Å²) in [4.78, 5) is 0. The Bertz CT molecular complexity index is 284. The molecule has 0 aliphatic heterocycles. The topological polar surface area (TPSA) is 17.8 Å². The van der Waals surface area contributed by atoms with E-state index in [2.05, 4.69) is 27.1 Å². The summed E-state index contributed by atoms with van der Waals surface area (Å²) in [7, 11) is 2.03. The highest BCUT2D eigenvalue weighted by molar-refractivity contribution is 9.09. The molecule has 0 radical (unpaired) electrons. The summed E-state index contributed by atoms with van der Waals surface area (Å²) >= 11 is 3.47. The zero-order valence-corrected chi connectivity index (χ0v) is 12.6. The first-order valence-corrected chi connectivity index (χ1v) is 7.99. The minimum atomic E-state index is 1.16. The van der Waals surface area contributed by atoms with Crippen LogP contribution in [0.5, 0.6) is 0 Å². The standard InChI is InChI=1S/C14H25BrN2/c1-17-14(11-13-16-17)10-8-6-4-2-3-5-7-9-12-15/h11,13H,2-10,12H2,1H3. The smallest absolute Gasteiger partial charge is 0.0492 e. The molecule has 0 aliphatic rings. The summed E-state index contributed by atoms with van der Waals surface area (Å²) in [6.07, 6.45) is 14.1. The lowest BCUT2D eigenvalue weighted by Gasteiger charge is -2.03. The number of unbranched alkanes of at least 4 members (excludes halogenated alkanes) is 7. The fraction of sp³-hybridized carbons (Fsp3) is 0.786. The van der Waals surface area contributed by atoms with E-state index in [0.29, 0.717) is 0 Å². The Labute approximate surface area is 114 Å². The number of hydrogen-bond donors (Lipinski definition) is 0. The van der Waals surface area contributed by atoms with Crippen LogP contribution in [0.2, 0.25) is 0 Å². The van der Waals surface area contributed by atoms with Gasteiger partial charge in [0.1, 0.15) is 0 Å². The van der Waals surface area contributed by atoms with Gasteiger partial charge in [0, 0.05) is 24.3 Å². The molecule has 0 spiro atoms. The van der Waals surface area contributed by atoms with Gasteiger partial charge in [0.25, 0.3) is 0 Å². The van der Waals surface area contributed by atoms with E-state index in [-0.39, 0.29) is 0 Å². The second-order valence-electron chi connectivity index (χ2n) is 4.71. The molecule has 0 atom stereocenters. The van der Waals surface area contributed by atoms with Crippen molar-refractivity contribution in [1.29, 1.82) is 0 Å². The van der Waals surface area contributed by atoms with E-state index < -0.39 is 0 Å². The Morgan fingerprint density at radius 3 is 2.12 bits per heavy atom. The highest BCUT2D eigenvalue weighted by Crippen LogP contribution is 2.11. The van der Waals surface area contributed by atoms with Crippen molar-refractivity contribution in [3.8, 4) is 0 Å². The molecule has 0 aliphatic carbocycles. The first-order valence-electron chi connectivity index (χ1n) is 6.87. The lowest BCUT2D eigenvalue weighted by atomic mass is 10.1. The van der Waals surface area contributed by atoms with Crippen LogP contribution in [0.3, 0.4) is 0 Å². The SMILES string of the molecule is Cn1nccc1CCCCCCCCCCBr. The van der Waals surface area contributed by atoms with Crippen LogP contribution in [0.15, 0.2) is 12.3 Å². The third kappa shape index (κ3) is 6.87. The molecule has 0 amide bonds. The van der Waals surface area contributed by atoms with Crippen LogP contribution in [0.25, 0.3) is 0 Å². The molecule has 98 valence electrons. The second kappa shape index (κ2) is 9.69. The van der Waals surface area contributed by atoms with Crippen molar-refractivity contribution < 1.29 is 0 Å². The maximum Gasteiger partial charge on any atom is 0.0492 e. The Morgan fingerprint density at radius 1 is 1.00 bits per heavy atom. The maximum absolute atomic E-state index is 4.19. The third-order valence-corrected chi connectivity index (χ3v) is 3.80. The molecule has 1 aromatic rings. The molecule has 1 rings (SSSR count). The van der Waals surface area contributed by atoms with Crippen molar-refractivity contribution in [2.45, 2.75) is 57.8 Å². The fourth-order valence-electron chi connectivity index (χ4n) is 2.11. The van der Waals surface area contributed by atoms with E-state index in [9.17, 15) is 0 Å². The van der Waals surface area contributed by atoms with E-state index in [1.165, 1.54) is 63.5 Å². The number of alkyl halides is 1. The molecule has 3 heteroatoms. The van der Waals surface area contributed by atoms with Crippen LogP contribution in [0, 0.1) is 0 Å². The zero-order chi connectivity index (χ0) is 12.3. The lowest BCUT2D eigenvalue weighted by Crippen LogP contribution is -1.97. The highest BCUT2D eigenvalue weighted by atomic mass is 79.9. The molecule has 0 unspecified atom stereocenters. The number of halogens is 1. The maximum atomic E-state index is 4.19. The van der Waals surface area contributed by atoms with Gasteiger partial charge in [0.05, 0.1) is 0 Å². The molecule has 0 N–H and O–H groups in total. The van der Waals surface area contributed by atoms with Crippen molar-refractivity contribution in [3.63, 3.8) is 0 Å². The second-order valence-corrected chi connectivity index (χ2v) is 5.51. The van der Waals surface area contributed by atoms with Crippen molar-refractivity contribution in [2.24, 2.45) is 7.05 Å². The Balaban J connectivity index is 1.86. The number of aryl methyl sites for hydroxylation is 2. The zero-order valence-electron chi connectivity index (χ0n) is 11.0. The van der Waals surface area contributed by atoms with Gasteiger partial charge in [-0.25, -0.2) is 0 Å². The van der Waals surface area contributed by atoms with E-state index >= 15 is 0 Å². The Morgan fingerprint density at radius 2 is 1.59 bits per heavy atom. The Hall–Kier alpha value is -0.310. The van der Waals surface area contributed by atoms with E-state index in [4.69, 9.17) is 0 Å². The third-order valence-electron chi connectivity index (χ3n) is 3.24. The van der Waals surface area contributed by atoms with Gasteiger partial charge in [0.15, 0.2) is 0 Å². The molecule has 0 saturated heterocycles. The van der Waals surface area contributed by atoms with Crippen molar-refractivity contribution in [3.05, 3.63) is 18.0 Å². The summed E-state index contributed by atoms with van der Waals surface area (Å²) in [6.45, 7) is 0. The predicted molar refractivity (Wildman–Crippen MR) is 77.6 cm³/mol. The van der Waals surface area contributed by atoms with Gasteiger partial charge in [-0.05, 0) is 25.3 Å². The Kier molecular flexibility index (Phi) is 8.41. The van der Waals surface area contributed by atoms with E-state index in [0.717, 1.165) is 5.33 Å². The van der Waals surface area contributed by atoms with Crippen molar-refractivity contribution in [2.75, 3.05) is 5.33 Å². The van der Waals surface area contributed by atoms with Gasteiger partial charge in [-0.15, -0.1) is 0 Å².